The second-order valence-corrected chi connectivity index (χ2v) is 22.1. The molecular weight excluding hydrogens is 456 g/mol. The number of hydrogen-bond acceptors (Lipinski definition) is 2. The van der Waals surface area contributed by atoms with Gasteiger partial charge in [-0.05, 0) is 134 Å². The molecule has 0 N–H and O–H groups in total. The van der Waals surface area contributed by atoms with E-state index in [1.54, 1.807) is 0 Å². The molecule has 3 heteroatoms. The van der Waals surface area contributed by atoms with Gasteiger partial charge in [0.25, 0.3) is 0 Å². The van der Waals surface area contributed by atoms with Crippen LogP contribution >= 0.6 is 0 Å². The molecule has 5 aliphatic rings. The lowest BCUT2D eigenvalue weighted by Crippen LogP contribution is -2.68. The summed E-state index contributed by atoms with van der Waals surface area (Å²) >= 11 is 0. The number of rotatable bonds is 2. The van der Waals surface area contributed by atoms with Gasteiger partial charge in [-0.2, -0.15) is 0 Å². The van der Waals surface area contributed by atoms with E-state index in [9.17, 15) is 4.79 Å². The molecule has 0 heterocycles. The van der Waals surface area contributed by atoms with Gasteiger partial charge in [-0.3, -0.25) is 4.79 Å². The zero-order valence-corrected chi connectivity index (χ0v) is 26.8. The number of hydrogen-bond donors (Lipinski definition) is 0. The van der Waals surface area contributed by atoms with Gasteiger partial charge >= 0.3 is 0 Å². The zero-order chi connectivity index (χ0) is 26.7. The first-order valence-corrected chi connectivity index (χ1v) is 18.9. The second-order valence-electron chi connectivity index (χ2n) is 17.6. The molecule has 5 fully saturated rings. The lowest BCUT2D eigenvalue weighted by molar-refractivity contribution is -0.259. The lowest BCUT2D eigenvalue weighted by atomic mass is 9.30. The van der Waals surface area contributed by atoms with Crippen LogP contribution in [0.15, 0.2) is 0 Å². The third kappa shape index (κ3) is 3.66. The SMILES string of the molecule is C[C@H]1C(=O)[C@H](O[Si](C)(C)C)C[C@@H]2[C@]1(C)CC[C@H]1[C@@]2(C)CC[C@@]2(C)[C@@H]3CC(C)(C)CC[C@]3(C)CC[C@]12C. The Balaban J connectivity index is 1.53. The van der Waals surface area contributed by atoms with Crippen LogP contribution in [-0.2, 0) is 9.22 Å². The minimum Gasteiger partial charge on any atom is -0.408 e. The van der Waals surface area contributed by atoms with Crippen LogP contribution in [0, 0.1) is 56.2 Å². The second kappa shape index (κ2) is 7.95. The van der Waals surface area contributed by atoms with Gasteiger partial charge in [0.1, 0.15) is 6.10 Å². The summed E-state index contributed by atoms with van der Waals surface area (Å²) in [6.07, 6.45) is 13.1. The smallest absolute Gasteiger partial charge is 0.184 e. The largest absolute Gasteiger partial charge is 0.408 e. The summed E-state index contributed by atoms with van der Waals surface area (Å²) in [4.78, 5) is 13.6. The molecule has 2 nitrogen and oxygen atoms in total. The highest BCUT2D eigenvalue weighted by Crippen LogP contribution is 2.78. The summed E-state index contributed by atoms with van der Waals surface area (Å²) in [5.74, 6) is 2.73. The van der Waals surface area contributed by atoms with Gasteiger partial charge in [-0.25, -0.2) is 0 Å². The van der Waals surface area contributed by atoms with Crippen molar-refractivity contribution in [2.45, 2.75) is 145 Å². The molecule has 5 saturated carbocycles. The highest BCUT2D eigenvalue weighted by molar-refractivity contribution is 6.69. The molecule has 0 aromatic rings. The van der Waals surface area contributed by atoms with Crippen molar-refractivity contribution in [1.29, 1.82) is 0 Å². The summed E-state index contributed by atoms with van der Waals surface area (Å²) in [6.45, 7) is 27.4. The summed E-state index contributed by atoms with van der Waals surface area (Å²) in [5, 5.41) is 0. The highest BCUT2D eigenvalue weighted by atomic mass is 28.4. The predicted octanol–water partition coefficient (Wildman–Crippen LogP) is 9.29. The first kappa shape index (κ1) is 27.4. The average molecular weight is 515 g/mol. The molecule has 0 radical (unpaired) electrons. The standard InChI is InChI=1S/C33H58O2Si/c1-22-27(34)23(35-36(9,10)11)20-25-30(22,5)13-12-24-31(25,6)17-19-33(8)26-21-28(2,3)14-15-29(26,4)16-18-32(24,33)7/h22-26H,12-21H2,1-11H3/t22-,23+,24-,25+,26+,29+,30+,31+,32+,33-/m0/s1. The van der Waals surface area contributed by atoms with E-state index in [0.29, 0.717) is 38.8 Å². The minimum atomic E-state index is -1.78. The molecule has 0 spiro atoms. The molecule has 0 saturated heterocycles. The van der Waals surface area contributed by atoms with Crippen LogP contribution in [0.1, 0.15) is 120 Å². The Hall–Kier alpha value is -0.153. The Morgan fingerprint density at radius 2 is 1.31 bits per heavy atom. The molecule has 0 unspecified atom stereocenters. The maximum absolute atomic E-state index is 13.6. The van der Waals surface area contributed by atoms with Crippen LogP contribution < -0.4 is 0 Å². The number of carbonyl (C=O) groups is 1. The van der Waals surface area contributed by atoms with E-state index in [2.05, 4.69) is 75.0 Å². The Bertz CT molecular complexity index is 919. The fourth-order valence-corrected chi connectivity index (χ4v) is 12.7. The van der Waals surface area contributed by atoms with Gasteiger partial charge in [-0.1, -0.05) is 55.4 Å². The topological polar surface area (TPSA) is 26.3 Å². The summed E-state index contributed by atoms with van der Waals surface area (Å²) in [6, 6.07) is 0. The van der Waals surface area contributed by atoms with E-state index in [1.807, 2.05) is 0 Å². The molecule has 0 bridgehead atoms. The van der Waals surface area contributed by atoms with Crippen molar-refractivity contribution in [3.05, 3.63) is 0 Å². The Labute approximate surface area is 224 Å². The molecular formula is C33H58O2Si. The van der Waals surface area contributed by atoms with E-state index in [-0.39, 0.29) is 17.4 Å². The molecule has 36 heavy (non-hydrogen) atoms. The lowest BCUT2D eigenvalue weighted by Gasteiger charge is -2.75. The van der Waals surface area contributed by atoms with Crippen molar-refractivity contribution in [2.24, 2.45) is 56.2 Å². The Morgan fingerprint density at radius 3 is 1.94 bits per heavy atom. The maximum Gasteiger partial charge on any atom is 0.184 e. The van der Waals surface area contributed by atoms with Crippen LogP contribution in [-0.4, -0.2) is 20.2 Å². The van der Waals surface area contributed by atoms with Gasteiger partial charge in [-0.15, -0.1) is 0 Å². The van der Waals surface area contributed by atoms with Crippen molar-refractivity contribution in [3.8, 4) is 0 Å². The van der Waals surface area contributed by atoms with Gasteiger partial charge in [0.05, 0.1) is 0 Å². The Morgan fingerprint density at radius 1 is 0.722 bits per heavy atom. The first-order chi connectivity index (χ1) is 16.3. The third-order valence-corrected chi connectivity index (χ3v) is 15.2. The molecule has 0 amide bonds. The highest BCUT2D eigenvalue weighted by Gasteiger charge is 2.71. The van der Waals surface area contributed by atoms with Gasteiger partial charge in [0.15, 0.2) is 14.1 Å². The van der Waals surface area contributed by atoms with Crippen molar-refractivity contribution in [2.75, 3.05) is 0 Å². The summed E-state index contributed by atoms with van der Waals surface area (Å²) in [7, 11) is -1.78. The number of carbonyl (C=O) groups excluding carboxylic acids is 1. The van der Waals surface area contributed by atoms with E-state index in [4.69, 9.17) is 4.43 Å². The normalized spacial score (nSPS) is 54.6. The molecule has 206 valence electrons. The Kier molecular flexibility index (Phi) is 6.06. The van der Waals surface area contributed by atoms with Crippen LogP contribution in [0.25, 0.3) is 0 Å². The zero-order valence-electron chi connectivity index (χ0n) is 25.8. The first-order valence-electron chi connectivity index (χ1n) is 15.5. The molecule has 0 aliphatic heterocycles. The van der Waals surface area contributed by atoms with Crippen LogP contribution in [0.5, 0.6) is 0 Å². The van der Waals surface area contributed by atoms with Gasteiger partial charge in [0, 0.05) is 5.92 Å². The molecule has 5 rings (SSSR count). The van der Waals surface area contributed by atoms with E-state index < -0.39 is 8.32 Å². The van der Waals surface area contributed by atoms with Gasteiger partial charge < -0.3 is 4.43 Å². The number of Topliss-reactive ketones (excluding diaryl/α,β-unsaturated/α-hetero) is 1. The van der Waals surface area contributed by atoms with Crippen molar-refractivity contribution in [3.63, 3.8) is 0 Å². The molecule has 0 aromatic heterocycles. The maximum atomic E-state index is 13.6. The summed E-state index contributed by atoms with van der Waals surface area (Å²) in [5.41, 5.74) is 2.29. The van der Waals surface area contributed by atoms with Crippen molar-refractivity contribution in [1.82, 2.24) is 0 Å². The minimum absolute atomic E-state index is 0.116. The summed E-state index contributed by atoms with van der Waals surface area (Å²) < 4.78 is 6.63. The van der Waals surface area contributed by atoms with E-state index in [0.717, 1.165) is 18.3 Å². The van der Waals surface area contributed by atoms with Crippen LogP contribution in [0.3, 0.4) is 0 Å². The molecule has 10 atom stereocenters. The predicted molar refractivity (Wildman–Crippen MR) is 153 cm³/mol. The number of ketones is 1. The van der Waals surface area contributed by atoms with E-state index >= 15 is 0 Å². The third-order valence-electron chi connectivity index (χ3n) is 14.3. The monoisotopic (exact) mass is 514 g/mol. The molecule has 0 aromatic carbocycles. The average Bonchev–Trinajstić information content (AvgIpc) is 2.76. The van der Waals surface area contributed by atoms with Crippen molar-refractivity contribution < 1.29 is 9.22 Å². The van der Waals surface area contributed by atoms with Crippen LogP contribution in [0.4, 0.5) is 0 Å². The number of fused-ring (bicyclic) bond motifs is 7. The van der Waals surface area contributed by atoms with Crippen LogP contribution in [0.2, 0.25) is 19.6 Å². The fourth-order valence-electron chi connectivity index (χ4n) is 11.7. The van der Waals surface area contributed by atoms with Crippen molar-refractivity contribution >= 4 is 14.1 Å². The quantitative estimate of drug-likeness (QED) is 0.343. The van der Waals surface area contributed by atoms with Gasteiger partial charge in [0.2, 0.25) is 0 Å². The van der Waals surface area contributed by atoms with E-state index in [1.165, 1.54) is 57.8 Å². The molecule has 5 aliphatic carbocycles. The fraction of sp³-hybridized carbons (Fsp3) is 0.970.